The van der Waals surface area contributed by atoms with Crippen molar-refractivity contribution in [1.82, 2.24) is 0 Å². The minimum atomic E-state index is -1.39. The van der Waals surface area contributed by atoms with Crippen molar-refractivity contribution in [2.75, 3.05) is 0 Å². The molecule has 0 atom stereocenters. The molecule has 0 aromatic carbocycles. The van der Waals surface area contributed by atoms with E-state index in [1.165, 1.54) is 0 Å². The summed E-state index contributed by atoms with van der Waals surface area (Å²) in [6, 6.07) is 0. The van der Waals surface area contributed by atoms with Crippen molar-refractivity contribution >= 4 is 8.60 Å². The van der Waals surface area contributed by atoms with Crippen molar-refractivity contribution < 1.29 is 13.6 Å². The molecule has 0 aliphatic carbocycles. The Hall–Kier alpha value is 0.310. The predicted molar refractivity (Wildman–Crippen MR) is 125 cm³/mol. The molecule has 0 rings (SSSR count). The lowest BCUT2D eigenvalue weighted by Gasteiger charge is -2.43. The van der Waals surface area contributed by atoms with Crippen LogP contribution in [0.5, 0.6) is 0 Å². The Balaban J connectivity index is 5.86. The first kappa shape index (κ1) is 28.3. The van der Waals surface area contributed by atoms with E-state index in [0.29, 0.717) is 0 Å². The van der Waals surface area contributed by atoms with E-state index in [9.17, 15) is 0 Å². The summed E-state index contributed by atoms with van der Waals surface area (Å²) in [4.78, 5) is 0. The van der Waals surface area contributed by atoms with Gasteiger partial charge in [-0.15, -0.1) is 0 Å². The third-order valence-electron chi connectivity index (χ3n) is 6.79. The third kappa shape index (κ3) is 8.21. The molecule has 0 amide bonds. The maximum Gasteiger partial charge on any atom is 0.334 e. The molecule has 4 heteroatoms. The van der Waals surface area contributed by atoms with Crippen LogP contribution in [0.2, 0.25) is 0 Å². The standard InChI is InChI=1S/C24H51O3P/c1-10-19-22(13-4,14-5)25-28(26-23(15-6,16-7)20-11-2)27-24(17-8,18-9)21-12-3/h10-21H2,1-9H3. The van der Waals surface area contributed by atoms with Gasteiger partial charge in [0.1, 0.15) is 0 Å². The minimum absolute atomic E-state index is 0.140. The van der Waals surface area contributed by atoms with E-state index in [1.54, 1.807) is 0 Å². The van der Waals surface area contributed by atoms with Crippen molar-refractivity contribution in [3.05, 3.63) is 0 Å². The molecular weight excluding hydrogens is 367 g/mol. The highest BCUT2D eigenvalue weighted by Crippen LogP contribution is 2.56. The van der Waals surface area contributed by atoms with E-state index in [1.807, 2.05) is 0 Å². The van der Waals surface area contributed by atoms with Gasteiger partial charge in [0.2, 0.25) is 0 Å². The molecule has 3 nitrogen and oxygen atoms in total. The van der Waals surface area contributed by atoms with Crippen molar-refractivity contribution in [1.29, 1.82) is 0 Å². The maximum atomic E-state index is 6.81. The van der Waals surface area contributed by atoms with Crippen LogP contribution in [0.25, 0.3) is 0 Å². The smallest absolute Gasteiger partial charge is 0.306 e. The lowest BCUT2D eigenvalue weighted by Crippen LogP contribution is -2.37. The van der Waals surface area contributed by atoms with E-state index in [2.05, 4.69) is 62.3 Å². The van der Waals surface area contributed by atoms with Crippen molar-refractivity contribution in [2.45, 2.75) is 156 Å². The van der Waals surface area contributed by atoms with Gasteiger partial charge in [-0.1, -0.05) is 81.6 Å². The molecule has 0 N–H and O–H groups in total. The van der Waals surface area contributed by atoms with Crippen molar-refractivity contribution in [2.24, 2.45) is 0 Å². The second kappa shape index (κ2) is 14.3. The molecular formula is C24H51O3P. The van der Waals surface area contributed by atoms with Crippen LogP contribution in [0.1, 0.15) is 139 Å². The fourth-order valence-corrected chi connectivity index (χ4v) is 6.34. The monoisotopic (exact) mass is 418 g/mol. The summed E-state index contributed by atoms with van der Waals surface area (Å²) < 4.78 is 20.4. The maximum absolute atomic E-state index is 6.81. The number of rotatable bonds is 18. The van der Waals surface area contributed by atoms with Crippen LogP contribution < -0.4 is 0 Å². The van der Waals surface area contributed by atoms with Crippen LogP contribution in [0.15, 0.2) is 0 Å². The van der Waals surface area contributed by atoms with Gasteiger partial charge in [-0.2, -0.15) is 0 Å². The topological polar surface area (TPSA) is 27.7 Å². The van der Waals surface area contributed by atoms with Gasteiger partial charge in [0, 0.05) is 0 Å². The van der Waals surface area contributed by atoms with E-state index in [-0.39, 0.29) is 16.8 Å². The van der Waals surface area contributed by atoms with Gasteiger partial charge < -0.3 is 13.6 Å². The first-order valence-corrected chi connectivity index (χ1v) is 13.3. The highest BCUT2D eigenvalue weighted by Gasteiger charge is 2.41. The Morgan fingerprint density at radius 2 is 0.643 bits per heavy atom. The fourth-order valence-electron chi connectivity index (χ4n) is 4.23. The third-order valence-corrected chi connectivity index (χ3v) is 8.40. The van der Waals surface area contributed by atoms with E-state index >= 15 is 0 Å². The average Bonchev–Trinajstić information content (AvgIpc) is 2.72. The van der Waals surface area contributed by atoms with Crippen LogP contribution in [0.4, 0.5) is 0 Å². The normalized spacial score (nSPS) is 13.5. The molecule has 0 heterocycles. The van der Waals surface area contributed by atoms with Crippen LogP contribution in [0, 0.1) is 0 Å². The Kier molecular flexibility index (Phi) is 14.5. The molecule has 0 unspecified atom stereocenters. The van der Waals surface area contributed by atoms with Gasteiger partial charge in [-0.3, -0.25) is 0 Å². The number of hydrogen-bond acceptors (Lipinski definition) is 3. The SMILES string of the molecule is CCCC(CC)(CC)OP(OC(CC)(CC)CCC)OC(CC)(CC)CCC. The van der Waals surface area contributed by atoms with Gasteiger partial charge >= 0.3 is 8.60 Å². The Morgan fingerprint density at radius 1 is 0.429 bits per heavy atom. The van der Waals surface area contributed by atoms with Crippen molar-refractivity contribution in [3.63, 3.8) is 0 Å². The summed E-state index contributed by atoms with van der Waals surface area (Å²) in [5.74, 6) is 0. The van der Waals surface area contributed by atoms with Gasteiger partial charge in [-0.25, -0.2) is 0 Å². The summed E-state index contributed by atoms with van der Waals surface area (Å²) in [6.45, 7) is 20.2. The Bertz CT molecular complexity index is 317. The van der Waals surface area contributed by atoms with Crippen LogP contribution in [-0.2, 0) is 13.6 Å². The molecule has 0 aromatic rings. The molecule has 0 aliphatic heterocycles. The fraction of sp³-hybridized carbons (Fsp3) is 1.00. The average molecular weight is 419 g/mol. The zero-order valence-electron chi connectivity index (χ0n) is 20.7. The summed E-state index contributed by atoms with van der Waals surface area (Å²) in [5, 5.41) is 0. The molecule has 0 saturated heterocycles. The van der Waals surface area contributed by atoms with Crippen LogP contribution in [0.3, 0.4) is 0 Å². The second-order valence-corrected chi connectivity index (χ2v) is 9.41. The van der Waals surface area contributed by atoms with Crippen LogP contribution in [-0.4, -0.2) is 16.8 Å². The lowest BCUT2D eigenvalue weighted by atomic mass is 9.92. The number of hydrogen-bond donors (Lipinski definition) is 0. The van der Waals surface area contributed by atoms with E-state index in [4.69, 9.17) is 13.6 Å². The van der Waals surface area contributed by atoms with Gasteiger partial charge in [-0.05, 0) is 57.8 Å². The Morgan fingerprint density at radius 3 is 0.786 bits per heavy atom. The molecule has 0 fully saturated rings. The van der Waals surface area contributed by atoms with Crippen molar-refractivity contribution in [3.8, 4) is 0 Å². The molecule has 0 radical (unpaired) electrons. The van der Waals surface area contributed by atoms with Gasteiger partial charge in [0.25, 0.3) is 0 Å². The van der Waals surface area contributed by atoms with Crippen LogP contribution >= 0.6 is 8.60 Å². The minimum Gasteiger partial charge on any atom is -0.306 e. The molecule has 28 heavy (non-hydrogen) atoms. The first-order valence-electron chi connectivity index (χ1n) is 12.2. The van der Waals surface area contributed by atoms with E-state index < -0.39 is 8.60 Å². The molecule has 0 aliphatic rings. The quantitative estimate of drug-likeness (QED) is 0.207. The summed E-state index contributed by atoms with van der Waals surface area (Å²) in [7, 11) is -1.39. The molecule has 0 bridgehead atoms. The van der Waals surface area contributed by atoms with E-state index in [0.717, 1.165) is 77.0 Å². The molecule has 0 spiro atoms. The zero-order valence-corrected chi connectivity index (χ0v) is 21.6. The first-order chi connectivity index (χ1) is 13.3. The summed E-state index contributed by atoms with van der Waals surface area (Å²) in [6.07, 6.45) is 12.5. The molecule has 0 aromatic heterocycles. The lowest BCUT2D eigenvalue weighted by molar-refractivity contribution is -0.0589. The predicted octanol–water partition coefficient (Wildman–Crippen LogP) is 9.34. The highest BCUT2D eigenvalue weighted by molar-refractivity contribution is 7.41. The molecule has 0 saturated carbocycles. The Labute approximate surface area is 178 Å². The highest BCUT2D eigenvalue weighted by atomic mass is 31.2. The zero-order chi connectivity index (χ0) is 21.7. The largest absolute Gasteiger partial charge is 0.334 e. The van der Waals surface area contributed by atoms with Gasteiger partial charge in [0.05, 0.1) is 16.8 Å². The summed E-state index contributed by atoms with van der Waals surface area (Å²) in [5.41, 5.74) is -0.419. The van der Waals surface area contributed by atoms with Gasteiger partial charge in [0.15, 0.2) is 0 Å². The summed E-state index contributed by atoms with van der Waals surface area (Å²) >= 11 is 0. The second-order valence-electron chi connectivity index (χ2n) is 8.42. The molecule has 170 valence electrons.